The first-order chi connectivity index (χ1) is 9.07. The van der Waals surface area contributed by atoms with Gasteiger partial charge in [-0.15, -0.1) is 0 Å². The minimum Gasteiger partial charge on any atom is -0.310 e. The zero-order valence-corrected chi connectivity index (χ0v) is 13.8. The molecule has 1 rings (SSSR count). The maximum Gasteiger partial charge on any atom is 0.233 e. The molecule has 0 unspecified atom stereocenters. The molecule has 0 aliphatic heterocycles. The Morgan fingerprint density at radius 2 is 1.85 bits per heavy atom. The molecule has 1 aromatic rings. The van der Waals surface area contributed by atoms with Crippen LogP contribution in [0.2, 0.25) is 0 Å². The van der Waals surface area contributed by atoms with Crippen LogP contribution >= 0.6 is 0 Å². The van der Waals surface area contributed by atoms with E-state index in [4.69, 9.17) is 0 Å². The van der Waals surface area contributed by atoms with Crippen molar-refractivity contribution in [3.05, 3.63) is 29.8 Å². The van der Waals surface area contributed by atoms with Gasteiger partial charge in [0.25, 0.3) is 0 Å². The van der Waals surface area contributed by atoms with Crippen molar-refractivity contribution in [2.24, 2.45) is 5.41 Å². The number of rotatable bonds is 6. The van der Waals surface area contributed by atoms with Gasteiger partial charge in [0, 0.05) is 18.3 Å². The van der Waals surface area contributed by atoms with Crippen LogP contribution in [0.5, 0.6) is 0 Å². The van der Waals surface area contributed by atoms with E-state index < -0.39 is 10.0 Å². The molecule has 0 aliphatic carbocycles. The van der Waals surface area contributed by atoms with Crippen molar-refractivity contribution in [1.29, 1.82) is 0 Å². The Morgan fingerprint density at radius 3 is 2.40 bits per heavy atom. The summed E-state index contributed by atoms with van der Waals surface area (Å²) in [6, 6.07) is 7.90. The van der Waals surface area contributed by atoms with E-state index in [1.54, 1.807) is 6.07 Å². The van der Waals surface area contributed by atoms with Gasteiger partial charge in [0.05, 0.1) is 5.75 Å². The van der Waals surface area contributed by atoms with Crippen LogP contribution in [-0.2, 0) is 16.6 Å². The molecule has 20 heavy (non-hydrogen) atoms. The van der Waals surface area contributed by atoms with Crippen LogP contribution in [0.1, 0.15) is 40.2 Å². The van der Waals surface area contributed by atoms with E-state index in [9.17, 15) is 8.42 Å². The Morgan fingerprint density at radius 1 is 1.20 bits per heavy atom. The summed E-state index contributed by atoms with van der Waals surface area (Å²) in [5.74, 6) is 0.106. The molecule has 0 spiro atoms. The lowest BCUT2D eigenvalue weighted by Crippen LogP contribution is -2.26. The number of sulfonamides is 1. The Hall–Kier alpha value is -1.07. The summed E-state index contributed by atoms with van der Waals surface area (Å²) in [4.78, 5) is 0. The van der Waals surface area contributed by atoms with Crippen molar-refractivity contribution in [3.8, 4) is 0 Å². The van der Waals surface area contributed by atoms with E-state index >= 15 is 0 Å². The second-order valence-electron chi connectivity index (χ2n) is 6.66. The third kappa shape index (κ3) is 6.91. The molecule has 4 nitrogen and oxygen atoms in total. The molecule has 2 N–H and O–H groups in total. The summed E-state index contributed by atoms with van der Waals surface area (Å²) in [7, 11) is -3.31. The molecule has 0 bridgehead atoms. The molecule has 0 amide bonds. The summed E-state index contributed by atoms with van der Waals surface area (Å²) < 4.78 is 26.8. The first-order valence-corrected chi connectivity index (χ1v) is 8.55. The third-order valence-electron chi connectivity index (χ3n) is 2.54. The van der Waals surface area contributed by atoms with Gasteiger partial charge in [-0.1, -0.05) is 46.8 Å². The molecule has 0 aliphatic rings. The van der Waals surface area contributed by atoms with E-state index in [0.29, 0.717) is 11.7 Å². The van der Waals surface area contributed by atoms with Gasteiger partial charge < -0.3 is 5.32 Å². The molecule has 5 heteroatoms. The normalized spacial score (nSPS) is 12.7. The quantitative estimate of drug-likeness (QED) is 0.849. The monoisotopic (exact) mass is 298 g/mol. The van der Waals surface area contributed by atoms with Gasteiger partial charge in [-0.25, -0.2) is 8.42 Å². The zero-order valence-electron chi connectivity index (χ0n) is 13.0. The fourth-order valence-electron chi connectivity index (χ4n) is 1.85. The van der Waals surface area contributed by atoms with Gasteiger partial charge in [-0.05, 0) is 23.1 Å². The van der Waals surface area contributed by atoms with Gasteiger partial charge in [-0.2, -0.15) is 0 Å². The van der Waals surface area contributed by atoms with Crippen molar-refractivity contribution in [1.82, 2.24) is 5.32 Å². The van der Waals surface area contributed by atoms with Crippen LogP contribution in [0.4, 0.5) is 5.69 Å². The Bertz CT molecular complexity index is 531. The third-order valence-corrected chi connectivity index (χ3v) is 4.33. The summed E-state index contributed by atoms with van der Waals surface area (Å²) in [5.41, 5.74) is 1.43. The predicted molar refractivity (Wildman–Crippen MR) is 85.3 cm³/mol. The Labute approximate surface area is 123 Å². The minimum absolute atomic E-state index is 0.106. The van der Waals surface area contributed by atoms with Crippen molar-refractivity contribution >= 4 is 15.7 Å². The molecule has 0 fully saturated rings. The first-order valence-electron chi connectivity index (χ1n) is 6.90. The fraction of sp³-hybridized carbons (Fsp3) is 0.600. The smallest absolute Gasteiger partial charge is 0.233 e. The van der Waals surface area contributed by atoms with Gasteiger partial charge in [0.15, 0.2) is 0 Å². The van der Waals surface area contributed by atoms with Crippen LogP contribution in [0, 0.1) is 5.41 Å². The van der Waals surface area contributed by atoms with Crippen LogP contribution in [0.3, 0.4) is 0 Å². The zero-order chi connectivity index (χ0) is 15.4. The SMILES string of the molecule is CC(C)NCc1cccc(NS(=O)(=O)CC(C)(C)C)c1. The molecule has 0 heterocycles. The van der Waals surface area contributed by atoms with Crippen LogP contribution < -0.4 is 10.0 Å². The maximum atomic E-state index is 12.1. The summed E-state index contributed by atoms with van der Waals surface area (Å²) >= 11 is 0. The molecule has 0 saturated heterocycles. The summed E-state index contributed by atoms with van der Waals surface area (Å²) in [6.45, 7) is 10.6. The van der Waals surface area contributed by atoms with E-state index in [2.05, 4.69) is 23.9 Å². The summed E-state index contributed by atoms with van der Waals surface area (Å²) in [5, 5.41) is 3.31. The molecule has 0 radical (unpaired) electrons. The lowest BCUT2D eigenvalue weighted by atomic mass is 10.0. The topological polar surface area (TPSA) is 58.2 Å². The Balaban J connectivity index is 2.75. The highest BCUT2D eigenvalue weighted by atomic mass is 32.2. The highest BCUT2D eigenvalue weighted by Crippen LogP contribution is 2.19. The summed E-state index contributed by atoms with van der Waals surface area (Å²) in [6.07, 6.45) is 0. The molecule has 114 valence electrons. The van der Waals surface area contributed by atoms with E-state index in [-0.39, 0.29) is 11.2 Å². The highest BCUT2D eigenvalue weighted by molar-refractivity contribution is 7.92. The average Bonchev–Trinajstić information content (AvgIpc) is 2.22. The van der Waals surface area contributed by atoms with Gasteiger partial charge in [-0.3, -0.25) is 4.72 Å². The number of benzene rings is 1. The number of hydrogen-bond donors (Lipinski definition) is 2. The second-order valence-corrected chi connectivity index (χ2v) is 8.38. The molecular weight excluding hydrogens is 272 g/mol. The number of anilines is 1. The lowest BCUT2D eigenvalue weighted by Gasteiger charge is -2.19. The van der Waals surface area contributed by atoms with E-state index in [1.807, 2.05) is 39.0 Å². The highest BCUT2D eigenvalue weighted by Gasteiger charge is 2.21. The maximum absolute atomic E-state index is 12.1. The van der Waals surface area contributed by atoms with Gasteiger partial charge >= 0.3 is 0 Å². The van der Waals surface area contributed by atoms with E-state index in [0.717, 1.165) is 12.1 Å². The van der Waals surface area contributed by atoms with Crippen molar-refractivity contribution in [3.63, 3.8) is 0 Å². The Kier molecular flexibility index (Phi) is 5.59. The van der Waals surface area contributed by atoms with Crippen LogP contribution in [0.25, 0.3) is 0 Å². The fourth-order valence-corrected chi connectivity index (χ4v) is 3.55. The number of nitrogens with one attached hydrogen (secondary N) is 2. The van der Waals surface area contributed by atoms with Crippen LogP contribution in [0.15, 0.2) is 24.3 Å². The predicted octanol–water partition coefficient (Wildman–Crippen LogP) is 2.97. The van der Waals surface area contributed by atoms with Crippen molar-refractivity contribution in [2.75, 3.05) is 10.5 Å². The van der Waals surface area contributed by atoms with Crippen molar-refractivity contribution in [2.45, 2.75) is 47.2 Å². The second kappa shape index (κ2) is 6.59. The molecule has 0 aromatic heterocycles. The standard InChI is InChI=1S/C15H26N2O2S/c1-12(2)16-10-13-7-6-8-14(9-13)17-20(18,19)11-15(3,4)5/h6-9,12,16-17H,10-11H2,1-5H3. The average molecular weight is 298 g/mol. The van der Waals surface area contributed by atoms with E-state index in [1.165, 1.54) is 0 Å². The van der Waals surface area contributed by atoms with Crippen molar-refractivity contribution < 1.29 is 8.42 Å². The molecule has 0 saturated carbocycles. The largest absolute Gasteiger partial charge is 0.310 e. The number of hydrogen-bond acceptors (Lipinski definition) is 3. The van der Waals surface area contributed by atoms with Gasteiger partial charge in [0.2, 0.25) is 10.0 Å². The molecule has 0 atom stereocenters. The minimum atomic E-state index is -3.31. The first kappa shape index (κ1) is 17.0. The van der Waals surface area contributed by atoms with Crippen LogP contribution in [-0.4, -0.2) is 20.2 Å². The molecule has 1 aromatic carbocycles. The van der Waals surface area contributed by atoms with Gasteiger partial charge in [0.1, 0.15) is 0 Å². The lowest BCUT2D eigenvalue weighted by molar-refractivity contribution is 0.463. The molecular formula is C15H26N2O2S.